The number of piperidine rings is 1. The third-order valence-electron chi connectivity index (χ3n) is 7.22. The Labute approximate surface area is 208 Å². The van der Waals surface area contributed by atoms with Crippen LogP contribution in [0.1, 0.15) is 60.0 Å². The second-order valence-corrected chi connectivity index (χ2v) is 11.4. The number of nitrogens with one attached hydrogen (secondary N) is 1. The van der Waals surface area contributed by atoms with Crippen molar-refractivity contribution >= 4 is 27.5 Å². The molecule has 2 fully saturated rings. The van der Waals surface area contributed by atoms with E-state index >= 15 is 0 Å². The SMILES string of the molecule is Cc1ccc(S(=O)(=O)Nc2ccc(C(=O)N3CCC(C(=O)N4CCCCCC4)CC3)cc2)cc1C. The third kappa shape index (κ3) is 6.04. The molecule has 2 aliphatic heterocycles. The zero-order chi connectivity index (χ0) is 25.0. The number of hydrogen-bond donors (Lipinski definition) is 1. The molecule has 0 saturated carbocycles. The Balaban J connectivity index is 1.33. The van der Waals surface area contributed by atoms with Crippen LogP contribution in [0.5, 0.6) is 0 Å². The van der Waals surface area contributed by atoms with Crippen LogP contribution in [0.4, 0.5) is 5.69 Å². The van der Waals surface area contributed by atoms with Gasteiger partial charge in [-0.2, -0.15) is 0 Å². The quantitative estimate of drug-likeness (QED) is 0.665. The summed E-state index contributed by atoms with van der Waals surface area (Å²) in [6, 6.07) is 11.5. The Morgan fingerprint density at radius 3 is 2.03 bits per heavy atom. The molecule has 7 nitrogen and oxygen atoms in total. The van der Waals surface area contributed by atoms with Crippen molar-refractivity contribution in [2.24, 2.45) is 5.92 Å². The van der Waals surface area contributed by atoms with Crippen LogP contribution in [0.2, 0.25) is 0 Å². The van der Waals surface area contributed by atoms with Gasteiger partial charge in [-0.25, -0.2) is 8.42 Å². The lowest BCUT2D eigenvalue weighted by atomic mass is 9.94. The second-order valence-electron chi connectivity index (χ2n) is 9.73. The Bertz CT molecular complexity index is 1160. The highest BCUT2D eigenvalue weighted by molar-refractivity contribution is 7.92. The minimum atomic E-state index is -3.71. The minimum absolute atomic E-state index is 0.000608. The second kappa shape index (κ2) is 10.8. The number of hydrogen-bond acceptors (Lipinski definition) is 4. The van der Waals surface area contributed by atoms with E-state index < -0.39 is 10.0 Å². The monoisotopic (exact) mass is 497 g/mol. The molecule has 2 aromatic rings. The summed E-state index contributed by atoms with van der Waals surface area (Å²) >= 11 is 0. The van der Waals surface area contributed by atoms with Crippen LogP contribution in [0.15, 0.2) is 47.4 Å². The summed E-state index contributed by atoms with van der Waals surface area (Å²) in [6.45, 7) is 6.65. The number of likely N-dealkylation sites (tertiary alicyclic amines) is 2. The van der Waals surface area contributed by atoms with Crippen LogP contribution < -0.4 is 4.72 Å². The zero-order valence-electron chi connectivity index (χ0n) is 20.6. The standard InChI is InChI=1S/C27H35N3O4S/c1-20-7-12-25(19-21(20)2)35(33,34)28-24-10-8-22(9-11-24)26(31)30-17-13-23(14-18-30)27(32)29-15-5-3-4-6-16-29/h7-12,19,23,28H,3-6,13-18H2,1-2H3. The Kier molecular flexibility index (Phi) is 7.79. The van der Waals surface area contributed by atoms with E-state index in [0.717, 1.165) is 37.1 Å². The summed E-state index contributed by atoms with van der Waals surface area (Å²) in [6.07, 6.45) is 5.94. The number of rotatable bonds is 5. The molecule has 0 spiro atoms. The fourth-order valence-corrected chi connectivity index (χ4v) is 5.98. The number of carbonyl (C=O) groups excluding carboxylic acids is 2. The number of benzene rings is 2. The maximum Gasteiger partial charge on any atom is 0.261 e. The highest BCUT2D eigenvalue weighted by Gasteiger charge is 2.30. The van der Waals surface area contributed by atoms with Gasteiger partial charge in [-0.05, 0) is 87.1 Å². The van der Waals surface area contributed by atoms with E-state index in [4.69, 9.17) is 0 Å². The number of nitrogens with zero attached hydrogens (tertiary/aromatic N) is 2. The first-order chi connectivity index (χ1) is 16.7. The number of sulfonamides is 1. The summed E-state index contributed by atoms with van der Waals surface area (Å²) < 4.78 is 28.1. The van der Waals surface area contributed by atoms with Gasteiger partial charge >= 0.3 is 0 Å². The fraction of sp³-hybridized carbons (Fsp3) is 0.481. The zero-order valence-corrected chi connectivity index (χ0v) is 21.4. The lowest BCUT2D eigenvalue weighted by Gasteiger charge is -2.34. The number of amides is 2. The van der Waals surface area contributed by atoms with Gasteiger partial charge in [0.2, 0.25) is 5.91 Å². The molecule has 2 heterocycles. The molecule has 4 rings (SSSR count). The lowest BCUT2D eigenvalue weighted by molar-refractivity contribution is -0.136. The maximum atomic E-state index is 13.0. The van der Waals surface area contributed by atoms with Gasteiger partial charge < -0.3 is 9.80 Å². The topological polar surface area (TPSA) is 86.8 Å². The number of aryl methyl sites for hydroxylation is 2. The molecule has 188 valence electrons. The Morgan fingerprint density at radius 1 is 0.800 bits per heavy atom. The average molecular weight is 498 g/mol. The molecule has 2 saturated heterocycles. The largest absolute Gasteiger partial charge is 0.342 e. The molecule has 0 unspecified atom stereocenters. The lowest BCUT2D eigenvalue weighted by Crippen LogP contribution is -2.44. The van der Waals surface area contributed by atoms with Crippen LogP contribution in [0.25, 0.3) is 0 Å². The van der Waals surface area contributed by atoms with Crippen LogP contribution in [0.3, 0.4) is 0 Å². The summed E-state index contributed by atoms with van der Waals surface area (Å²) in [4.78, 5) is 29.9. The van der Waals surface area contributed by atoms with Gasteiger partial charge in [0.15, 0.2) is 0 Å². The molecule has 2 aliphatic rings. The van der Waals surface area contributed by atoms with Crippen molar-refractivity contribution in [1.29, 1.82) is 0 Å². The number of carbonyl (C=O) groups is 2. The maximum absolute atomic E-state index is 13.0. The summed E-state index contributed by atoms with van der Waals surface area (Å²) in [5, 5.41) is 0. The highest BCUT2D eigenvalue weighted by Crippen LogP contribution is 2.24. The van der Waals surface area contributed by atoms with E-state index in [2.05, 4.69) is 4.72 Å². The average Bonchev–Trinajstić information content (AvgIpc) is 3.15. The van der Waals surface area contributed by atoms with Gasteiger partial charge in [-0.1, -0.05) is 18.9 Å². The van der Waals surface area contributed by atoms with E-state index in [1.54, 1.807) is 47.4 Å². The molecule has 8 heteroatoms. The van der Waals surface area contributed by atoms with Crippen LogP contribution in [-0.4, -0.2) is 56.2 Å². The molecule has 0 aromatic heterocycles. The Hall–Kier alpha value is -2.87. The molecule has 2 amide bonds. The smallest absolute Gasteiger partial charge is 0.261 e. The number of anilines is 1. The van der Waals surface area contributed by atoms with Gasteiger partial charge in [-0.15, -0.1) is 0 Å². The van der Waals surface area contributed by atoms with Crippen molar-refractivity contribution < 1.29 is 18.0 Å². The van der Waals surface area contributed by atoms with E-state index in [9.17, 15) is 18.0 Å². The normalized spacial score (nSPS) is 17.7. The van der Waals surface area contributed by atoms with E-state index in [-0.39, 0.29) is 22.6 Å². The molecule has 35 heavy (non-hydrogen) atoms. The molecule has 0 bridgehead atoms. The predicted molar refractivity (Wildman–Crippen MR) is 137 cm³/mol. The highest BCUT2D eigenvalue weighted by atomic mass is 32.2. The summed E-state index contributed by atoms with van der Waals surface area (Å²) in [7, 11) is -3.71. The predicted octanol–water partition coefficient (Wildman–Crippen LogP) is 4.36. The van der Waals surface area contributed by atoms with Crippen molar-refractivity contribution in [3.8, 4) is 0 Å². The van der Waals surface area contributed by atoms with Crippen molar-refractivity contribution in [2.45, 2.75) is 57.3 Å². The molecular formula is C27H35N3O4S. The summed E-state index contributed by atoms with van der Waals surface area (Å²) in [5.74, 6) is 0.160. The Morgan fingerprint density at radius 2 is 1.43 bits per heavy atom. The van der Waals surface area contributed by atoms with Gasteiger partial charge in [0, 0.05) is 43.3 Å². The molecule has 1 N–H and O–H groups in total. The molecular weight excluding hydrogens is 462 g/mol. The van der Waals surface area contributed by atoms with Gasteiger partial charge in [0.1, 0.15) is 0 Å². The fourth-order valence-electron chi connectivity index (χ4n) is 4.84. The van der Waals surface area contributed by atoms with Crippen molar-refractivity contribution in [3.63, 3.8) is 0 Å². The van der Waals surface area contributed by atoms with Gasteiger partial charge in [0.25, 0.3) is 15.9 Å². The van der Waals surface area contributed by atoms with Crippen LogP contribution in [-0.2, 0) is 14.8 Å². The van der Waals surface area contributed by atoms with Crippen LogP contribution in [0, 0.1) is 19.8 Å². The molecule has 0 atom stereocenters. The van der Waals surface area contributed by atoms with Gasteiger partial charge in [-0.3, -0.25) is 14.3 Å². The first-order valence-corrected chi connectivity index (χ1v) is 14.0. The van der Waals surface area contributed by atoms with E-state index in [1.807, 2.05) is 18.7 Å². The third-order valence-corrected chi connectivity index (χ3v) is 8.60. The van der Waals surface area contributed by atoms with E-state index in [0.29, 0.717) is 37.2 Å². The summed E-state index contributed by atoms with van der Waals surface area (Å²) in [5.41, 5.74) is 2.85. The first kappa shape index (κ1) is 25.2. The molecule has 2 aromatic carbocycles. The minimum Gasteiger partial charge on any atom is -0.342 e. The molecule has 0 aliphatic carbocycles. The van der Waals surface area contributed by atoms with Crippen molar-refractivity contribution in [1.82, 2.24) is 9.80 Å². The van der Waals surface area contributed by atoms with E-state index in [1.165, 1.54) is 12.8 Å². The van der Waals surface area contributed by atoms with Crippen molar-refractivity contribution in [3.05, 3.63) is 59.2 Å². The van der Waals surface area contributed by atoms with Crippen molar-refractivity contribution in [2.75, 3.05) is 30.9 Å². The first-order valence-electron chi connectivity index (χ1n) is 12.5. The molecule has 0 radical (unpaired) electrons. The van der Waals surface area contributed by atoms with Gasteiger partial charge in [0.05, 0.1) is 4.90 Å². The van der Waals surface area contributed by atoms with Crippen LogP contribution >= 0.6 is 0 Å².